The maximum absolute atomic E-state index is 4.06. The molecular formula is C12H18BrN3. The standard InChI is InChI=1S/C12H18BrN3/c1-10(9-16-6-2-3-7-16)15-12-4-5-14-8-11(12)13/h4-5,8,10H,2-3,6-7,9H2,1H3,(H,14,15). The van der Waals surface area contributed by atoms with E-state index >= 15 is 0 Å². The van der Waals surface area contributed by atoms with Crippen molar-refractivity contribution in [1.82, 2.24) is 9.88 Å². The molecule has 1 aliphatic heterocycles. The fraction of sp³-hybridized carbons (Fsp3) is 0.583. The Morgan fingerprint density at radius 1 is 1.50 bits per heavy atom. The van der Waals surface area contributed by atoms with Crippen LogP contribution in [0.15, 0.2) is 22.9 Å². The molecule has 16 heavy (non-hydrogen) atoms. The van der Waals surface area contributed by atoms with Crippen LogP contribution in [-0.4, -0.2) is 35.6 Å². The first kappa shape index (κ1) is 11.9. The number of aromatic nitrogens is 1. The van der Waals surface area contributed by atoms with E-state index in [2.05, 4.69) is 38.1 Å². The zero-order valence-electron chi connectivity index (χ0n) is 9.62. The van der Waals surface area contributed by atoms with Gasteiger partial charge in [-0.3, -0.25) is 4.98 Å². The molecule has 4 heteroatoms. The van der Waals surface area contributed by atoms with Gasteiger partial charge in [-0.2, -0.15) is 0 Å². The van der Waals surface area contributed by atoms with Crippen molar-refractivity contribution in [2.45, 2.75) is 25.8 Å². The number of anilines is 1. The van der Waals surface area contributed by atoms with Crippen LogP contribution < -0.4 is 5.32 Å². The molecule has 0 saturated carbocycles. The number of hydrogen-bond donors (Lipinski definition) is 1. The van der Waals surface area contributed by atoms with Gasteiger partial charge in [0.2, 0.25) is 0 Å². The summed E-state index contributed by atoms with van der Waals surface area (Å²) in [5, 5.41) is 3.51. The second-order valence-corrected chi connectivity index (χ2v) is 5.26. The molecule has 1 aliphatic rings. The zero-order valence-corrected chi connectivity index (χ0v) is 11.2. The van der Waals surface area contributed by atoms with E-state index in [0.29, 0.717) is 6.04 Å². The van der Waals surface area contributed by atoms with Crippen LogP contribution in [0.4, 0.5) is 5.69 Å². The first-order valence-electron chi connectivity index (χ1n) is 5.84. The van der Waals surface area contributed by atoms with Crippen LogP contribution in [-0.2, 0) is 0 Å². The molecule has 1 unspecified atom stereocenters. The highest BCUT2D eigenvalue weighted by Gasteiger charge is 2.14. The minimum atomic E-state index is 0.469. The van der Waals surface area contributed by atoms with Crippen LogP contribution in [0, 0.1) is 0 Å². The van der Waals surface area contributed by atoms with E-state index in [1.165, 1.54) is 25.9 Å². The molecule has 0 amide bonds. The van der Waals surface area contributed by atoms with Crippen LogP contribution in [0.5, 0.6) is 0 Å². The predicted molar refractivity (Wildman–Crippen MR) is 70.7 cm³/mol. The summed E-state index contributed by atoms with van der Waals surface area (Å²) in [5.74, 6) is 0. The molecule has 0 aromatic carbocycles. The number of pyridine rings is 1. The van der Waals surface area contributed by atoms with Gasteiger partial charge in [-0.25, -0.2) is 0 Å². The van der Waals surface area contributed by atoms with Crippen molar-refractivity contribution < 1.29 is 0 Å². The summed E-state index contributed by atoms with van der Waals surface area (Å²) in [7, 11) is 0. The second-order valence-electron chi connectivity index (χ2n) is 4.41. The van der Waals surface area contributed by atoms with Gasteiger partial charge >= 0.3 is 0 Å². The fourth-order valence-electron chi connectivity index (χ4n) is 2.16. The number of hydrogen-bond acceptors (Lipinski definition) is 3. The van der Waals surface area contributed by atoms with Gasteiger partial charge in [0, 0.05) is 25.0 Å². The molecule has 88 valence electrons. The van der Waals surface area contributed by atoms with Crippen molar-refractivity contribution in [3.05, 3.63) is 22.9 Å². The average Bonchev–Trinajstić information content (AvgIpc) is 2.74. The summed E-state index contributed by atoms with van der Waals surface area (Å²) >= 11 is 3.50. The van der Waals surface area contributed by atoms with Gasteiger partial charge in [-0.1, -0.05) is 0 Å². The number of likely N-dealkylation sites (tertiary alicyclic amines) is 1. The lowest BCUT2D eigenvalue weighted by molar-refractivity contribution is 0.328. The van der Waals surface area contributed by atoms with E-state index in [0.717, 1.165) is 16.7 Å². The van der Waals surface area contributed by atoms with Crippen LogP contribution >= 0.6 is 15.9 Å². The maximum atomic E-state index is 4.06. The third kappa shape index (κ3) is 3.19. The van der Waals surface area contributed by atoms with Crippen LogP contribution in [0.2, 0.25) is 0 Å². The van der Waals surface area contributed by atoms with E-state index in [1.807, 2.05) is 18.5 Å². The Morgan fingerprint density at radius 3 is 2.94 bits per heavy atom. The Bertz CT molecular complexity index is 337. The summed E-state index contributed by atoms with van der Waals surface area (Å²) in [6.45, 7) is 5.85. The van der Waals surface area contributed by atoms with Crippen molar-refractivity contribution in [3.8, 4) is 0 Å². The molecule has 1 aromatic rings. The Hall–Kier alpha value is -0.610. The quantitative estimate of drug-likeness (QED) is 0.921. The molecule has 2 heterocycles. The Labute approximate surface area is 105 Å². The molecule has 0 radical (unpaired) electrons. The highest BCUT2D eigenvalue weighted by atomic mass is 79.9. The Morgan fingerprint density at radius 2 is 2.25 bits per heavy atom. The van der Waals surface area contributed by atoms with Crippen molar-refractivity contribution in [2.75, 3.05) is 25.0 Å². The van der Waals surface area contributed by atoms with Gasteiger partial charge in [0.15, 0.2) is 0 Å². The van der Waals surface area contributed by atoms with E-state index in [9.17, 15) is 0 Å². The van der Waals surface area contributed by atoms with Gasteiger partial charge in [0.25, 0.3) is 0 Å². The summed E-state index contributed by atoms with van der Waals surface area (Å²) < 4.78 is 1.03. The lowest BCUT2D eigenvalue weighted by Crippen LogP contribution is -2.33. The molecule has 0 spiro atoms. The van der Waals surface area contributed by atoms with Gasteiger partial charge < -0.3 is 10.2 Å². The average molecular weight is 284 g/mol. The minimum Gasteiger partial charge on any atom is -0.380 e. The highest BCUT2D eigenvalue weighted by Crippen LogP contribution is 2.21. The van der Waals surface area contributed by atoms with Crippen LogP contribution in [0.25, 0.3) is 0 Å². The SMILES string of the molecule is CC(CN1CCCC1)Nc1ccncc1Br. The molecule has 1 atom stereocenters. The smallest absolute Gasteiger partial charge is 0.0590 e. The van der Waals surface area contributed by atoms with Crippen molar-refractivity contribution in [3.63, 3.8) is 0 Å². The highest BCUT2D eigenvalue weighted by molar-refractivity contribution is 9.10. The van der Waals surface area contributed by atoms with Crippen LogP contribution in [0.1, 0.15) is 19.8 Å². The number of rotatable bonds is 4. The van der Waals surface area contributed by atoms with E-state index in [4.69, 9.17) is 0 Å². The monoisotopic (exact) mass is 283 g/mol. The molecule has 1 fully saturated rings. The Kier molecular flexibility index (Phi) is 4.18. The lowest BCUT2D eigenvalue weighted by atomic mass is 10.3. The normalized spacial score (nSPS) is 18.6. The van der Waals surface area contributed by atoms with Gasteiger partial charge in [-0.15, -0.1) is 0 Å². The fourth-order valence-corrected chi connectivity index (χ4v) is 2.52. The topological polar surface area (TPSA) is 28.2 Å². The van der Waals surface area contributed by atoms with E-state index in [1.54, 1.807) is 0 Å². The number of nitrogens with zero attached hydrogens (tertiary/aromatic N) is 2. The molecule has 0 aliphatic carbocycles. The summed E-state index contributed by atoms with van der Waals surface area (Å²) in [4.78, 5) is 6.58. The third-order valence-corrected chi connectivity index (χ3v) is 3.54. The first-order valence-corrected chi connectivity index (χ1v) is 6.63. The second kappa shape index (κ2) is 5.64. The number of halogens is 1. The molecular weight excluding hydrogens is 266 g/mol. The van der Waals surface area contributed by atoms with Crippen molar-refractivity contribution in [1.29, 1.82) is 0 Å². The first-order chi connectivity index (χ1) is 7.75. The lowest BCUT2D eigenvalue weighted by Gasteiger charge is -2.22. The largest absolute Gasteiger partial charge is 0.380 e. The van der Waals surface area contributed by atoms with Crippen LogP contribution in [0.3, 0.4) is 0 Å². The molecule has 1 aromatic heterocycles. The number of nitrogens with one attached hydrogen (secondary N) is 1. The molecule has 1 saturated heterocycles. The van der Waals surface area contributed by atoms with Gasteiger partial charge in [0.05, 0.1) is 10.2 Å². The summed E-state index contributed by atoms with van der Waals surface area (Å²) in [6, 6.07) is 2.47. The minimum absolute atomic E-state index is 0.469. The van der Waals surface area contributed by atoms with Gasteiger partial charge in [-0.05, 0) is 54.9 Å². The van der Waals surface area contributed by atoms with E-state index < -0.39 is 0 Å². The van der Waals surface area contributed by atoms with E-state index in [-0.39, 0.29) is 0 Å². The Balaban J connectivity index is 1.86. The third-order valence-electron chi connectivity index (χ3n) is 2.91. The zero-order chi connectivity index (χ0) is 11.4. The summed E-state index contributed by atoms with van der Waals surface area (Å²) in [6.07, 6.45) is 6.35. The van der Waals surface area contributed by atoms with Gasteiger partial charge in [0.1, 0.15) is 0 Å². The summed E-state index contributed by atoms with van der Waals surface area (Å²) in [5.41, 5.74) is 1.13. The molecule has 1 N–H and O–H groups in total. The van der Waals surface area contributed by atoms with Crippen molar-refractivity contribution >= 4 is 21.6 Å². The van der Waals surface area contributed by atoms with Crippen molar-refractivity contribution in [2.24, 2.45) is 0 Å². The molecule has 2 rings (SSSR count). The maximum Gasteiger partial charge on any atom is 0.0590 e. The molecule has 0 bridgehead atoms. The molecule has 3 nitrogen and oxygen atoms in total. The predicted octanol–water partition coefficient (Wildman–Crippen LogP) is 2.74.